The Labute approximate surface area is 163 Å². The lowest BCUT2D eigenvalue weighted by atomic mass is 9.71. The van der Waals surface area contributed by atoms with Crippen LogP contribution in [0.5, 0.6) is 0 Å². The molecule has 2 atom stereocenters. The van der Waals surface area contributed by atoms with Gasteiger partial charge in [-0.25, -0.2) is 0 Å². The third-order valence-corrected chi connectivity index (χ3v) is 6.30. The van der Waals surface area contributed by atoms with E-state index in [2.05, 4.69) is 13.8 Å². The summed E-state index contributed by atoms with van der Waals surface area (Å²) in [5.41, 5.74) is 0.993. The van der Waals surface area contributed by atoms with Crippen LogP contribution in [0.3, 0.4) is 0 Å². The number of allylic oxidation sites excluding steroid dienone is 2. The van der Waals surface area contributed by atoms with Crippen LogP contribution in [-0.2, 0) is 9.59 Å². The number of Topliss-reactive ketones (excluding diaryl/α,β-unsaturated/α-hetero) is 2. The molecule has 26 heavy (non-hydrogen) atoms. The molecule has 152 valence electrons. The highest BCUT2D eigenvalue weighted by Gasteiger charge is 2.41. The van der Waals surface area contributed by atoms with Gasteiger partial charge in [0.25, 0.3) is 0 Å². The molecule has 0 N–H and O–H groups in total. The molecule has 0 heterocycles. The minimum Gasteiger partial charge on any atom is -0.299 e. The molecular weight excluding hydrogens is 320 g/mol. The van der Waals surface area contributed by atoms with Gasteiger partial charge in [0, 0.05) is 0 Å². The van der Waals surface area contributed by atoms with E-state index in [1.54, 1.807) is 6.92 Å². The van der Waals surface area contributed by atoms with Crippen molar-refractivity contribution in [2.75, 3.05) is 0 Å². The van der Waals surface area contributed by atoms with Gasteiger partial charge in [-0.3, -0.25) is 9.59 Å². The Hall–Kier alpha value is -0.920. The van der Waals surface area contributed by atoms with Gasteiger partial charge >= 0.3 is 0 Å². The molecule has 0 aromatic rings. The second-order valence-electron chi connectivity index (χ2n) is 8.47. The minimum absolute atomic E-state index is 0.0376. The van der Waals surface area contributed by atoms with Crippen molar-refractivity contribution in [2.24, 2.45) is 11.3 Å². The molecule has 0 aromatic carbocycles. The number of ketones is 2. The van der Waals surface area contributed by atoms with Crippen molar-refractivity contribution < 1.29 is 9.59 Å². The van der Waals surface area contributed by atoms with E-state index in [0.717, 1.165) is 29.9 Å². The van der Waals surface area contributed by atoms with Crippen LogP contribution in [0.4, 0.5) is 0 Å². The van der Waals surface area contributed by atoms with Crippen LogP contribution in [0.15, 0.2) is 11.1 Å². The second-order valence-corrected chi connectivity index (χ2v) is 8.47. The Morgan fingerprint density at radius 3 is 1.73 bits per heavy atom. The number of carbonyl (C=O) groups is 2. The van der Waals surface area contributed by atoms with Crippen LogP contribution in [-0.4, -0.2) is 11.6 Å². The molecule has 0 amide bonds. The van der Waals surface area contributed by atoms with E-state index >= 15 is 0 Å². The molecule has 0 bridgehead atoms. The van der Waals surface area contributed by atoms with Crippen LogP contribution in [0.2, 0.25) is 0 Å². The van der Waals surface area contributed by atoms with Gasteiger partial charge in [0.1, 0.15) is 5.78 Å². The normalized spacial score (nSPS) is 14.6. The third-order valence-electron chi connectivity index (χ3n) is 6.30. The Kier molecular flexibility index (Phi) is 12.8. The zero-order valence-electron chi connectivity index (χ0n) is 18.7. The maximum absolute atomic E-state index is 12.9. The third kappa shape index (κ3) is 8.18. The Morgan fingerprint density at radius 2 is 1.31 bits per heavy atom. The van der Waals surface area contributed by atoms with Crippen molar-refractivity contribution in [3.05, 3.63) is 11.1 Å². The first kappa shape index (κ1) is 25.1. The number of unbranched alkanes of at least 4 members (excludes halogenated alkanes) is 6. The van der Waals surface area contributed by atoms with Gasteiger partial charge in [-0.1, -0.05) is 84.1 Å². The summed E-state index contributed by atoms with van der Waals surface area (Å²) >= 11 is 0. The summed E-state index contributed by atoms with van der Waals surface area (Å²) in [5, 5.41) is 0. The smallest absolute Gasteiger partial charge is 0.171 e. The van der Waals surface area contributed by atoms with E-state index in [9.17, 15) is 9.59 Å². The molecule has 0 aromatic heterocycles. The molecule has 0 fully saturated rings. The van der Waals surface area contributed by atoms with Crippen molar-refractivity contribution in [1.82, 2.24) is 0 Å². The van der Waals surface area contributed by atoms with E-state index in [0.29, 0.717) is 12.8 Å². The van der Waals surface area contributed by atoms with Gasteiger partial charge in [-0.05, 0) is 52.0 Å². The van der Waals surface area contributed by atoms with Gasteiger partial charge in [0.15, 0.2) is 5.78 Å². The SMILES string of the molecule is CCC(C)CCCCCCCCCC(CC)(C(C)=O)C(=O)C(C)=C(C)C. The molecular formula is C24H44O2. The predicted octanol–water partition coefficient (Wildman–Crippen LogP) is 7.45. The molecule has 0 radical (unpaired) electrons. The van der Waals surface area contributed by atoms with Crippen molar-refractivity contribution in [2.45, 2.75) is 119 Å². The highest BCUT2D eigenvalue weighted by Crippen LogP contribution is 2.35. The molecule has 0 rings (SSSR count). The molecule has 0 aliphatic rings. The van der Waals surface area contributed by atoms with Crippen molar-refractivity contribution in [1.29, 1.82) is 0 Å². The van der Waals surface area contributed by atoms with E-state index in [-0.39, 0.29) is 11.6 Å². The first-order chi connectivity index (χ1) is 12.2. The number of hydrogen-bond acceptors (Lipinski definition) is 2. The Bertz CT molecular complexity index is 457. The van der Waals surface area contributed by atoms with Crippen LogP contribution >= 0.6 is 0 Å². The molecule has 0 saturated carbocycles. The van der Waals surface area contributed by atoms with Crippen molar-refractivity contribution in [3.8, 4) is 0 Å². The average molecular weight is 365 g/mol. The molecule has 0 spiro atoms. The highest BCUT2D eigenvalue weighted by molar-refractivity contribution is 6.13. The number of carbonyl (C=O) groups excluding carboxylic acids is 2. The zero-order valence-corrected chi connectivity index (χ0v) is 18.7. The summed E-state index contributed by atoms with van der Waals surface area (Å²) < 4.78 is 0. The molecule has 2 unspecified atom stereocenters. The monoisotopic (exact) mass is 364 g/mol. The number of hydrogen-bond donors (Lipinski definition) is 0. The lowest BCUT2D eigenvalue weighted by Crippen LogP contribution is -2.38. The van der Waals surface area contributed by atoms with E-state index in [1.165, 1.54) is 44.9 Å². The van der Waals surface area contributed by atoms with Crippen LogP contribution in [0.25, 0.3) is 0 Å². The summed E-state index contributed by atoms with van der Waals surface area (Å²) in [6, 6.07) is 0. The van der Waals surface area contributed by atoms with Crippen LogP contribution in [0.1, 0.15) is 119 Å². The second kappa shape index (κ2) is 13.3. The largest absolute Gasteiger partial charge is 0.299 e. The molecule has 0 aliphatic heterocycles. The van der Waals surface area contributed by atoms with Gasteiger partial charge in [0.2, 0.25) is 0 Å². The van der Waals surface area contributed by atoms with E-state index in [4.69, 9.17) is 0 Å². The summed E-state index contributed by atoms with van der Waals surface area (Å²) in [6.45, 7) is 14.0. The maximum Gasteiger partial charge on any atom is 0.171 e. The standard InChI is InChI=1S/C24H44O2/c1-8-20(5)17-15-13-11-10-12-14-16-18-24(9-2,22(7)25)23(26)21(6)19(3)4/h20H,8-18H2,1-7H3. The number of rotatable bonds is 15. The fourth-order valence-electron chi connectivity index (χ4n) is 3.63. The first-order valence-corrected chi connectivity index (χ1v) is 10.9. The lowest BCUT2D eigenvalue weighted by Gasteiger charge is -2.29. The van der Waals surface area contributed by atoms with Crippen LogP contribution in [0, 0.1) is 11.3 Å². The topological polar surface area (TPSA) is 34.1 Å². The van der Waals surface area contributed by atoms with Gasteiger partial charge < -0.3 is 0 Å². The Balaban J connectivity index is 4.31. The van der Waals surface area contributed by atoms with E-state index < -0.39 is 5.41 Å². The van der Waals surface area contributed by atoms with Gasteiger partial charge in [-0.2, -0.15) is 0 Å². The quantitative estimate of drug-likeness (QED) is 0.172. The summed E-state index contributed by atoms with van der Waals surface area (Å²) in [4.78, 5) is 25.3. The predicted molar refractivity (Wildman–Crippen MR) is 113 cm³/mol. The van der Waals surface area contributed by atoms with Gasteiger partial charge in [-0.15, -0.1) is 0 Å². The van der Waals surface area contributed by atoms with Crippen molar-refractivity contribution >= 4 is 11.6 Å². The van der Waals surface area contributed by atoms with Crippen molar-refractivity contribution in [3.63, 3.8) is 0 Å². The fourth-order valence-corrected chi connectivity index (χ4v) is 3.63. The minimum atomic E-state index is -0.794. The fraction of sp³-hybridized carbons (Fsp3) is 0.833. The Morgan fingerprint density at radius 1 is 0.808 bits per heavy atom. The van der Waals surface area contributed by atoms with E-state index in [1.807, 2.05) is 27.7 Å². The van der Waals surface area contributed by atoms with Crippen LogP contribution < -0.4 is 0 Å². The van der Waals surface area contributed by atoms with Gasteiger partial charge in [0.05, 0.1) is 5.41 Å². The highest BCUT2D eigenvalue weighted by atomic mass is 16.2. The first-order valence-electron chi connectivity index (χ1n) is 10.9. The average Bonchev–Trinajstić information content (AvgIpc) is 2.61. The summed E-state index contributed by atoms with van der Waals surface area (Å²) in [5.74, 6) is 0.957. The maximum atomic E-state index is 12.9. The summed E-state index contributed by atoms with van der Waals surface area (Å²) in [6.07, 6.45) is 12.6. The summed E-state index contributed by atoms with van der Waals surface area (Å²) in [7, 11) is 0. The molecule has 2 heteroatoms. The molecule has 0 aliphatic carbocycles. The zero-order chi connectivity index (χ0) is 20.2. The molecule has 2 nitrogen and oxygen atoms in total. The molecule has 0 saturated heterocycles. The lowest BCUT2D eigenvalue weighted by molar-refractivity contribution is -0.138.